The first-order valence-corrected chi connectivity index (χ1v) is 10.3. The molecule has 3 heterocycles. The Kier molecular flexibility index (Phi) is 4.92. The van der Waals surface area contributed by atoms with Gasteiger partial charge in [0.25, 0.3) is 5.91 Å². The molecule has 0 aliphatic carbocycles. The van der Waals surface area contributed by atoms with E-state index in [1.807, 2.05) is 0 Å². The Labute approximate surface area is 165 Å². The van der Waals surface area contributed by atoms with Crippen molar-refractivity contribution in [3.8, 4) is 0 Å². The van der Waals surface area contributed by atoms with Crippen molar-refractivity contribution < 1.29 is 22.0 Å². The summed E-state index contributed by atoms with van der Waals surface area (Å²) in [5.74, 6) is -3.02. The number of anilines is 2. The number of H-pyrrole nitrogens is 1. The lowest BCUT2D eigenvalue weighted by atomic mass is 10.2. The van der Waals surface area contributed by atoms with Crippen LogP contribution in [-0.2, 0) is 10.2 Å². The second kappa shape index (κ2) is 7.41. The Balaban J connectivity index is 1.60. The maximum atomic E-state index is 14.8. The summed E-state index contributed by atoms with van der Waals surface area (Å²) < 4.78 is 57.0. The van der Waals surface area contributed by atoms with Crippen LogP contribution in [0.4, 0.5) is 20.2 Å². The molecule has 3 aromatic rings. The fourth-order valence-corrected chi connectivity index (χ4v) is 4.43. The molecule has 29 heavy (non-hydrogen) atoms. The quantitative estimate of drug-likeness (QED) is 0.589. The van der Waals surface area contributed by atoms with Gasteiger partial charge in [-0.15, -0.1) is 0 Å². The van der Waals surface area contributed by atoms with Crippen molar-refractivity contribution in [3.63, 3.8) is 0 Å². The Hall–Kier alpha value is -3.05. The first-order chi connectivity index (χ1) is 13.8. The van der Waals surface area contributed by atoms with Gasteiger partial charge in [-0.1, -0.05) is 0 Å². The molecule has 0 bridgehead atoms. The SMILES string of the molecule is O=C(Nc1c(F)ccc(NS(=O)(=O)N2CCCC2)c1F)c1cnc2[nH]ccc2c1. The fraction of sp³-hybridized carbons (Fsp3) is 0.222. The highest BCUT2D eigenvalue weighted by Crippen LogP contribution is 2.28. The van der Waals surface area contributed by atoms with Gasteiger partial charge in [0.2, 0.25) is 0 Å². The van der Waals surface area contributed by atoms with Gasteiger partial charge in [-0.05, 0) is 37.1 Å². The highest BCUT2D eigenvalue weighted by molar-refractivity contribution is 7.90. The topological polar surface area (TPSA) is 107 Å². The molecular weight excluding hydrogens is 404 g/mol. The molecule has 0 saturated carbocycles. The Morgan fingerprint density at radius 3 is 2.69 bits per heavy atom. The van der Waals surface area contributed by atoms with E-state index < -0.39 is 39.1 Å². The number of aromatic amines is 1. The zero-order chi connectivity index (χ0) is 20.6. The average molecular weight is 421 g/mol. The lowest BCUT2D eigenvalue weighted by Crippen LogP contribution is -2.33. The molecule has 0 radical (unpaired) electrons. The molecule has 11 heteroatoms. The van der Waals surface area contributed by atoms with Gasteiger partial charge in [-0.25, -0.2) is 13.8 Å². The summed E-state index contributed by atoms with van der Waals surface area (Å²) in [7, 11) is -3.97. The van der Waals surface area contributed by atoms with Crippen LogP contribution >= 0.6 is 0 Å². The standard InChI is InChI=1S/C18H17F2N5O3S/c19-13-3-4-14(24-29(27,28)25-7-1-2-8-25)15(20)16(13)23-18(26)12-9-11-5-6-21-17(11)22-10-12/h3-6,9-10,24H,1-2,7-8H2,(H,21,22)(H,23,26). The largest absolute Gasteiger partial charge is 0.346 e. The van der Waals surface area contributed by atoms with E-state index in [0.29, 0.717) is 37.0 Å². The first kappa shape index (κ1) is 19.3. The number of nitrogens with zero attached hydrogens (tertiary/aromatic N) is 2. The minimum absolute atomic E-state index is 0.0963. The van der Waals surface area contributed by atoms with Gasteiger partial charge in [-0.2, -0.15) is 12.7 Å². The summed E-state index contributed by atoms with van der Waals surface area (Å²) in [5, 5.41) is 2.82. The summed E-state index contributed by atoms with van der Waals surface area (Å²) in [6.45, 7) is 0.659. The maximum Gasteiger partial charge on any atom is 0.301 e. The summed E-state index contributed by atoms with van der Waals surface area (Å²) in [4.78, 5) is 19.4. The predicted molar refractivity (Wildman–Crippen MR) is 104 cm³/mol. The lowest BCUT2D eigenvalue weighted by Gasteiger charge is -2.18. The van der Waals surface area contributed by atoms with E-state index in [1.165, 1.54) is 16.6 Å². The maximum absolute atomic E-state index is 14.8. The van der Waals surface area contributed by atoms with Crippen LogP contribution in [0, 0.1) is 11.6 Å². The number of carbonyl (C=O) groups excluding carboxylic acids is 1. The number of hydrogen-bond acceptors (Lipinski definition) is 4. The van der Waals surface area contributed by atoms with E-state index in [-0.39, 0.29) is 5.56 Å². The van der Waals surface area contributed by atoms with E-state index in [4.69, 9.17) is 0 Å². The van der Waals surface area contributed by atoms with Gasteiger partial charge in [0.15, 0.2) is 5.82 Å². The third-order valence-electron chi connectivity index (χ3n) is 4.64. The lowest BCUT2D eigenvalue weighted by molar-refractivity contribution is 0.102. The third-order valence-corrected chi connectivity index (χ3v) is 6.16. The smallest absolute Gasteiger partial charge is 0.301 e. The van der Waals surface area contributed by atoms with E-state index in [0.717, 1.165) is 12.1 Å². The van der Waals surface area contributed by atoms with Crippen LogP contribution in [-0.4, -0.2) is 41.7 Å². The highest BCUT2D eigenvalue weighted by Gasteiger charge is 2.27. The fourth-order valence-electron chi connectivity index (χ4n) is 3.13. The molecule has 1 aliphatic rings. The number of benzene rings is 1. The Morgan fingerprint density at radius 2 is 1.93 bits per heavy atom. The number of amides is 1. The van der Waals surface area contributed by atoms with Crippen LogP contribution in [0.25, 0.3) is 11.0 Å². The molecule has 152 valence electrons. The van der Waals surface area contributed by atoms with Crippen LogP contribution in [0.3, 0.4) is 0 Å². The number of aromatic nitrogens is 2. The van der Waals surface area contributed by atoms with Crippen LogP contribution in [0.5, 0.6) is 0 Å². The van der Waals surface area contributed by atoms with Crippen molar-refractivity contribution in [2.75, 3.05) is 23.1 Å². The van der Waals surface area contributed by atoms with Crippen LogP contribution < -0.4 is 10.0 Å². The van der Waals surface area contributed by atoms with Gasteiger partial charge in [0.05, 0.1) is 11.3 Å². The van der Waals surface area contributed by atoms with Crippen LogP contribution in [0.15, 0.2) is 36.7 Å². The molecule has 3 N–H and O–H groups in total. The summed E-state index contributed by atoms with van der Waals surface area (Å²) in [5.41, 5.74) is -0.533. The number of rotatable bonds is 5. The van der Waals surface area contributed by atoms with E-state index in [9.17, 15) is 22.0 Å². The predicted octanol–water partition coefficient (Wildman–Crippen LogP) is 2.85. The van der Waals surface area contributed by atoms with Gasteiger partial charge < -0.3 is 10.3 Å². The van der Waals surface area contributed by atoms with Crippen molar-refractivity contribution in [3.05, 3.63) is 53.9 Å². The molecule has 4 rings (SSSR count). The van der Waals surface area contributed by atoms with Gasteiger partial charge in [0, 0.05) is 30.9 Å². The highest BCUT2D eigenvalue weighted by atomic mass is 32.2. The summed E-state index contributed by atoms with van der Waals surface area (Å²) in [6, 6.07) is 5.08. The van der Waals surface area contributed by atoms with Crippen LogP contribution in [0.2, 0.25) is 0 Å². The van der Waals surface area contributed by atoms with Gasteiger partial charge in [0.1, 0.15) is 17.2 Å². The third kappa shape index (κ3) is 3.78. The molecule has 2 aromatic heterocycles. The normalized spacial score (nSPS) is 15.0. The minimum atomic E-state index is -3.97. The zero-order valence-corrected chi connectivity index (χ0v) is 15.9. The van der Waals surface area contributed by atoms with Crippen molar-refractivity contribution >= 4 is 38.5 Å². The number of hydrogen-bond donors (Lipinski definition) is 3. The zero-order valence-electron chi connectivity index (χ0n) is 15.1. The second-order valence-electron chi connectivity index (χ2n) is 6.59. The van der Waals surface area contributed by atoms with E-state index >= 15 is 0 Å². The van der Waals surface area contributed by atoms with Gasteiger partial charge >= 0.3 is 10.2 Å². The Morgan fingerprint density at radius 1 is 1.17 bits per heavy atom. The molecule has 1 saturated heterocycles. The molecule has 0 unspecified atom stereocenters. The van der Waals surface area contributed by atoms with Crippen molar-refractivity contribution in [2.45, 2.75) is 12.8 Å². The molecule has 8 nitrogen and oxygen atoms in total. The molecular formula is C18H17F2N5O3S. The van der Waals surface area contributed by atoms with Crippen molar-refractivity contribution in [2.24, 2.45) is 0 Å². The van der Waals surface area contributed by atoms with Gasteiger partial charge in [-0.3, -0.25) is 9.52 Å². The molecule has 1 aliphatic heterocycles. The van der Waals surface area contributed by atoms with Crippen LogP contribution in [0.1, 0.15) is 23.2 Å². The number of halogens is 2. The number of pyridine rings is 1. The number of carbonyl (C=O) groups is 1. The monoisotopic (exact) mass is 421 g/mol. The van der Waals surface area contributed by atoms with Crippen molar-refractivity contribution in [1.82, 2.24) is 14.3 Å². The minimum Gasteiger partial charge on any atom is -0.346 e. The molecule has 0 spiro atoms. The molecule has 1 fully saturated rings. The Bertz CT molecular complexity index is 1190. The number of fused-ring (bicyclic) bond motifs is 1. The average Bonchev–Trinajstić information content (AvgIpc) is 3.38. The van der Waals surface area contributed by atoms with E-state index in [1.54, 1.807) is 12.3 Å². The van der Waals surface area contributed by atoms with E-state index in [2.05, 4.69) is 20.0 Å². The second-order valence-corrected chi connectivity index (χ2v) is 8.26. The number of nitrogens with one attached hydrogen (secondary N) is 3. The van der Waals surface area contributed by atoms with Crippen molar-refractivity contribution in [1.29, 1.82) is 0 Å². The molecule has 0 atom stereocenters. The molecule has 1 amide bonds. The summed E-state index contributed by atoms with van der Waals surface area (Å²) in [6.07, 6.45) is 4.35. The summed E-state index contributed by atoms with van der Waals surface area (Å²) >= 11 is 0. The first-order valence-electron chi connectivity index (χ1n) is 8.85. The molecule has 1 aromatic carbocycles.